The molecule has 0 aliphatic carbocycles. The van der Waals surface area contributed by atoms with Crippen LogP contribution in [0.4, 0.5) is 0 Å². The average molecular weight is 305 g/mol. The van der Waals surface area contributed by atoms with Crippen LogP contribution in [0.2, 0.25) is 0 Å². The predicted molar refractivity (Wildman–Crippen MR) is 71.9 cm³/mol. The number of aryl methyl sites for hydroxylation is 1. The molecular weight excluding hydrogens is 296 g/mol. The van der Waals surface area contributed by atoms with Crippen molar-refractivity contribution in [1.82, 2.24) is 19.7 Å². The molecule has 0 saturated carbocycles. The van der Waals surface area contributed by atoms with E-state index in [2.05, 4.69) is 31.0 Å². The summed E-state index contributed by atoms with van der Waals surface area (Å²) in [6.45, 7) is 1.99. The SMILES string of the molecule is Cc1ccc(Br)cc1-n1ncc2c(=O)nc[nH]c21. The molecule has 0 fully saturated rings. The van der Waals surface area contributed by atoms with E-state index >= 15 is 0 Å². The molecule has 90 valence electrons. The molecule has 0 spiro atoms. The number of benzene rings is 1. The van der Waals surface area contributed by atoms with Gasteiger partial charge in [-0.25, -0.2) is 4.68 Å². The van der Waals surface area contributed by atoms with Gasteiger partial charge in [-0.3, -0.25) is 4.79 Å². The van der Waals surface area contributed by atoms with Crippen molar-refractivity contribution in [2.75, 3.05) is 0 Å². The maximum Gasteiger partial charge on any atom is 0.283 e. The lowest BCUT2D eigenvalue weighted by Crippen LogP contribution is -2.07. The molecule has 18 heavy (non-hydrogen) atoms. The summed E-state index contributed by atoms with van der Waals surface area (Å²) in [5.41, 5.74) is 2.36. The Morgan fingerprint density at radius 2 is 2.22 bits per heavy atom. The molecule has 0 unspecified atom stereocenters. The van der Waals surface area contributed by atoms with Crippen LogP contribution in [0.1, 0.15) is 5.56 Å². The monoisotopic (exact) mass is 304 g/mol. The summed E-state index contributed by atoms with van der Waals surface area (Å²) in [6.07, 6.45) is 2.91. The van der Waals surface area contributed by atoms with E-state index in [0.29, 0.717) is 11.0 Å². The van der Waals surface area contributed by atoms with Crippen molar-refractivity contribution >= 4 is 27.0 Å². The van der Waals surface area contributed by atoms with Crippen LogP contribution in [-0.4, -0.2) is 19.7 Å². The van der Waals surface area contributed by atoms with Gasteiger partial charge in [0.2, 0.25) is 0 Å². The molecular formula is C12H9BrN4O. The van der Waals surface area contributed by atoms with Gasteiger partial charge in [0.15, 0.2) is 0 Å². The number of aromatic amines is 1. The Morgan fingerprint density at radius 1 is 1.39 bits per heavy atom. The van der Waals surface area contributed by atoms with Crippen molar-refractivity contribution in [3.63, 3.8) is 0 Å². The molecule has 0 atom stereocenters. The summed E-state index contributed by atoms with van der Waals surface area (Å²) in [4.78, 5) is 18.2. The first-order chi connectivity index (χ1) is 8.66. The summed E-state index contributed by atoms with van der Waals surface area (Å²) in [5, 5.41) is 4.74. The second-order valence-corrected chi connectivity index (χ2v) is 4.87. The minimum absolute atomic E-state index is 0.275. The zero-order valence-electron chi connectivity index (χ0n) is 9.51. The third kappa shape index (κ3) is 1.65. The Bertz CT molecular complexity index is 790. The Morgan fingerprint density at radius 3 is 3.06 bits per heavy atom. The molecule has 3 rings (SSSR count). The van der Waals surface area contributed by atoms with Crippen LogP contribution >= 0.6 is 15.9 Å². The molecule has 0 aliphatic heterocycles. The first-order valence-corrected chi connectivity index (χ1v) is 6.14. The molecule has 5 nitrogen and oxygen atoms in total. The molecule has 1 aromatic carbocycles. The summed E-state index contributed by atoms with van der Waals surface area (Å²) < 4.78 is 2.67. The van der Waals surface area contributed by atoms with E-state index in [1.165, 1.54) is 12.5 Å². The average Bonchev–Trinajstić information content (AvgIpc) is 2.77. The Kier molecular flexibility index (Phi) is 2.52. The van der Waals surface area contributed by atoms with Gasteiger partial charge < -0.3 is 4.98 Å². The van der Waals surface area contributed by atoms with Gasteiger partial charge in [-0.05, 0) is 24.6 Å². The van der Waals surface area contributed by atoms with E-state index < -0.39 is 0 Å². The predicted octanol–water partition coefficient (Wildman–Crippen LogP) is 2.18. The van der Waals surface area contributed by atoms with Crippen LogP contribution in [0.3, 0.4) is 0 Å². The van der Waals surface area contributed by atoms with Crippen LogP contribution in [0, 0.1) is 6.92 Å². The zero-order valence-corrected chi connectivity index (χ0v) is 11.1. The molecule has 0 aliphatic rings. The summed E-state index contributed by atoms with van der Waals surface area (Å²) in [5.74, 6) is 0. The molecule has 2 heterocycles. The zero-order chi connectivity index (χ0) is 12.7. The van der Waals surface area contributed by atoms with Crippen LogP contribution in [0.15, 0.2) is 40.0 Å². The highest BCUT2D eigenvalue weighted by Gasteiger charge is 2.10. The number of rotatable bonds is 1. The van der Waals surface area contributed by atoms with E-state index in [1.54, 1.807) is 4.68 Å². The fraction of sp³-hybridized carbons (Fsp3) is 0.0833. The van der Waals surface area contributed by atoms with Crippen LogP contribution in [0.5, 0.6) is 0 Å². The molecule has 2 aromatic heterocycles. The van der Waals surface area contributed by atoms with Crippen molar-refractivity contribution in [2.45, 2.75) is 6.92 Å². The highest BCUT2D eigenvalue weighted by Crippen LogP contribution is 2.21. The topological polar surface area (TPSA) is 63.6 Å². The third-order valence-electron chi connectivity index (χ3n) is 2.78. The highest BCUT2D eigenvalue weighted by atomic mass is 79.9. The smallest absolute Gasteiger partial charge is 0.283 e. The Hall–Kier alpha value is -1.95. The van der Waals surface area contributed by atoms with Gasteiger partial charge in [0, 0.05) is 4.47 Å². The number of hydrogen-bond acceptors (Lipinski definition) is 3. The number of hydrogen-bond donors (Lipinski definition) is 1. The van der Waals surface area contributed by atoms with Crippen LogP contribution in [0.25, 0.3) is 16.7 Å². The number of halogens is 1. The maximum atomic E-state index is 11.6. The van der Waals surface area contributed by atoms with E-state index in [-0.39, 0.29) is 5.56 Å². The fourth-order valence-electron chi connectivity index (χ4n) is 1.86. The van der Waals surface area contributed by atoms with E-state index in [9.17, 15) is 4.79 Å². The molecule has 0 saturated heterocycles. The number of nitrogens with zero attached hydrogens (tertiary/aromatic N) is 3. The first kappa shape index (κ1) is 11.2. The minimum Gasteiger partial charge on any atom is -0.330 e. The van der Waals surface area contributed by atoms with Crippen molar-refractivity contribution in [1.29, 1.82) is 0 Å². The van der Waals surface area contributed by atoms with Gasteiger partial charge in [0.1, 0.15) is 11.0 Å². The lowest BCUT2D eigenvalue weighted by atomic mass is 10.2. The van der Waals surface area contributed by atoms with Crippen molar-refractivity contribution < 1.29 is 0 Å². The van der Waals surface area contributed by atoms with Crippen LogP contribution in [-0.2, 0) is 0 Å². The van der Waals surface area contributed by atoms with Gasteiger partial charge in [-0.15, -0.1) is 0 Å². The number of H-pyrrole nitrogens is 1. The molecule has 0 amide bonds. The van der Waals surface area contributed by atoms with Gasteiger partial charge in [0.05, 0.1) is 18.2 Å². The van der Waals surface area contributed by atoms with E-state index in [4.69, 9.17) is 0 Å². The first-order valence-electron chi connectivity index (χ1n) is 5.35. The van der Waals surface area contributed by atoms with E-state index in [1.807, 2.05) is 25.1 Å². The van der Waals surface area contributed by atoms with Gasteiger partial charge in [-0.2, -0.15) is 10.1 Å². The summed E-state index contributed by atoms with van der Waals surface area (Å²) in [7, 11) is 0. The standard InChI is InChI=1S/C12H9BrN4O/c1-7-2-3-8(13)4-10(7)17-11-9(5-16-17)12(18)15-6-14-11/h2-6H,1H3,(H,14,15,18). The Labute approximate surface area is 111 Å². The molecule has 3 aromatic rings. The molecule has 0 bridgehead atoms. The van der Waals surface area contributed by atoms with Crippen molar-refractivity contribution in [3.8, 4) is 5.69 Å². The van der Waals surface area contributed by atoms with Gasteiger partial charge in [0.25, 0.3) is 5.56 Å². The summed E-state index contributed by atoms with van der Waals surface area (Å²) >= 11 is 3.44. The lowest BCUT2D eigenvalue weighted by Gasteiger charge is -2.07. The second-order valence-electron chi connectivity index (χ2n) is 3.96. The highest BCUT2D eigenvalue weighted by molar-refractivity contribution is 9.10. The third-order valence-corrected chi connectivity index (χ3v) is 3.28. The quantitative estimate of drug-likeness (QED) is 0.749. The lowest BCUT2D eigenvalue weighted by molar-refractivity contribution is 0.886. The molecule has 6 heteroatoms. The Balaban J connectivity index is 2.36. The van der Waals surface area contributed by atoms with E-state index in [0.717, 1.165) is 15.7 Å². The van der Waals surface area contributed by atoms with Gasteiger partial charge >= 0.3 is 0 Å². The maximum absolute atomic E-state index is 11.6. The number of nitrogens with one attached hydrogen (secondary N) is 1. The summed E-state index contributed by atoms with van der Waals surface area (Å²) in [6, 6.07) is 5.92. The van der Waals surface area contributed by atoms with Crippen molar-refractivity contribution in [3.05, 3.63) is 51.1 Å². The second kappa shape index (κ2) is 4.06. The van der Waals surface area contributed by atoms with Crippen LogP contribution < -0.4 is 5.56 Å². The molecule has 1 N–H and O–H groups in total. The fourth-order valence-corrected chi connectivity index (χ4v) is 2.21. The molecule has 0 radical (unpaired) electrons. The normalized spacial score (nSPS) is 11.0. The number of fused-ring (bicyclic) bond motifs is 1. The number of aromatic nitrogens is 4. The van der Waals surface area contributed by atoms with Gasteiger partial charge in [-0.1, -0.05) is 22.0 Å². The minimum atomic E-state index is -0.275. The van der Waals surface area contributed by atoms with Crippen molar-refractivity contribution in [2.24, 2.45) is 0 Å². The largest absolute Gasteiger partial charge is 0.330 e.